The first-order valence-corrected chi connectivity index (χ1v) is 19.2. The maximum atomic E-state index is 13.0. The Kier molecular flexibility index (Phi) is 7.03. The smallest absolute Gasteiger partial charge is 0.189 e. The molecule has 0 N–H and O–H groups in total. The summed E-state index contributed by atoms with van der Waals surface area (Å²) in [6, 6.07) is 0. The van der Waals surface area contributed by atoms with E-state index in [-0.39, 0.29) is 11.9 Å². The lowest BCUT2D eigenvalue weighted by Crippen LogP contribution is -2.64. The summed E-state index contributed by atoms with van der Waals surface area (Å²) in [7, 11) is -5.77. The van der Waals surface area contributed by atoms with Gasteiger partial charge in [-0.15, -0.1) is 6.58 Å². The molecule has 25 heavy (non-hydrogen) atoms. The van der Waals surface area contributed by atoms with Crippen LogP contribution in [-0.4, -0.2) is 48.5 Å². The molecule has 0 radical (unpaired) electrons. The molecule has 0 aromatic heterocycles. The molecule has 0 heterocycles. The molecule has 1 aliphatic rings. The molecule has 144 valence electrons. The van der Waals surface area contributed by atoms with E-state index in [1.807, 2.05) is 6.08 Å². The Morgan fingerprint density at radius 3 is 1.92 bits per heavy atom. The van der Waals surface area contributed by atoms with E-state index < -0.39 is 36.7 Å². The van der Waals surface area contributed by atoms with Gasteiger partial charge in [0.1, 0.15) is 6.10 Å². The average molecular weight is 401 g/mol. The van der Waals surface area contributed by atoms with E-state index in [1.54, 1.807) is 12.2 Å². The number of carbonyl (C=O) groups is 1. The summed E-state index contributed by atoms with van der Waals surface area (Å²) in [6.45, 7) is 23.0. The predicted octanol–water partition coefficient (Wildman–Crippen LogP) is 4.73. The highest BCUT2D eigenvalue weighted by Gasteiger charge is 2.54. The predicted molar refractivity (Wildman–Crippen MR) is 113 cm³/mol. The Hall–Kier alpha value is -0.319. The molecule has 0 bridgehead atoms. The lowest BCUT2D eigenvalue weighted by molar-refractivity contribution is -0.148. The van der Waals surface area contributed by atoms with Crippen LogP contribution in [0.1, 0.15) is 6.42 Å². The minimum Gasteiger partial charge on any atom is -0.409 e. The minimum absolute atomic E-state index is 0.0338. The molecule has 0 amide bonds. The Balaban J connectivity index is 3.46. The third kappa shape index (κ3) is 6.73. The van der Waals surface area contributed by atoms with Crippen LogP contribution >= 0.6 is 0 Å². The lowest BCUT2D eigenvalue weighted by atomic mass is 9.81. The third-order valence-electron chi connectivity index (χ3n) is 3.52. The van der Waals surface area contributed by atoms with Crippen LogP contribution in [0.5, 0.6) is 0 Å². The highest BCUT2D eigenvalue weighted by molar-refractivity contribution is 6.71. The van der Waals surface area contributed by atoms with E-state index in [0.29, 0.717) is 6.42 Å². The molecular formula is C18H36O4Si3. The summed E-state index contributed by atoms with van der Waals surface area (Å²) in [4.78, 5) is 13.0. The zero-order valence-electron chi connectivity index (χ0n) is 17.4. The van der Waals surface area contributed by atoms with Crippen molar-refractivity contribution in [3.63, 3.8) is 0 Å². The molecule has 4 nitrogen and oxygen atoms in total. The van der Waals surface area contributed by atoms with Gasteiger partial charge in [0.15, 0.2) is 36.3 Å². The van der Waals surface area contributed by atoms with Crippen LogP contribution in [0.25, 0.3) is 0 Å². The maximum Gasteiger partial charge on any atom is 0.189 e. The molecule has 0 saturated carbocycles. The molecule has 0 unspecified atom stereocenters. The second kappa shape index (κ2) is 7.74. The number of hydrogen-bond acceptors (Lipinski definition) is 4. The zero-order chi connectivity index (χ0) is 19.7. The summed E-state index contributed by atoms with van der Waals surface area (Å²) >= 11 is 0. The average Bonchev–Trinajstić information content (AvgIpc) is 2.34. The topological polar surface area (TPSA) is 44.8 Å². The van der Waals surface area contributed by atoms with Crippen molar-refractivity contribution in [3.8, 4) is 0 Å². The van der Waals surface area contributed by atoms with E-state index in [2.05, 4.69) is 65.5 Å². The number of carbonyl (C=O) groups excluding carboxylic acids is 1. The largest absolute Gasteiger partial charge is 0.409 e. The second-order valence-electron chi connectivity index (χ2n) is 9.67. The van der Waals surface area contributed by atoms with Gasteiger partial charge in [-0.25, -0.2) is 0 Å². The highest BCUT2D eigenvalue weighted by Crippen LogP contribution is 2.38. The van der Waals surface area contributed by atoms with Crippen molar-refractivity contribution in [2.24, 2.45) is 0 Å². The first-order chi connectivity index (χ1) is 11.1. The SMILES string of the molecule is C=CC[C@@]1(O[Si](C)(C)C)C(=O)C=C[C@H](O[Si](C)(C)C)[C@@H]1O[Si](C)(C)C. The normalized spacial score (nSPS) is 28.3. The molecule has 0 aromatic carbocycles. The standard InChI is InChI=1S/C18H36O4Si3/c1-11-14-18(22-25(8,9)10)16(19)13-12-15(20-23(2,3)4)17(18)21-24(5,6)7/h11-13,15,17H,1,14H2,2-10H3/t15-,17-,18+/m0/s1. The summed E-state index contributed by atoms with van der Waals surface area (Å²) in [6.07, 6.45) is 4.98. The molecule has 1 rings (SSSR count). The van der Waals surface area contributed by atoms with Gasteiger partial charge in [0.05, 0.1) is 6.10 Å². The molecule has 0 aromatic rings. The molecular weight excluding hydrogens is 364 g/mol. The van der Waals surface area contributed by atoms with E-state index in [9.17, 15) is 4.79 Å². The van der Waals surface area contributed by atoms with Crippen molar-refractivity contribution >= 4 is 30.7 Å². The van der Waals surface area contributed by atoms with Crippen LogP contribution in [0, 0.1) is 0 Å². The van der Waals surface area contributed by atoms with Gasteiger partial charge in [-0.3, -0.25) is 4.79 Å². The van der Waals surface area contributed by atoms with Crippen molar-refractivity contribution < 1.29 is 18.1 Å². The van der Waals surface area contributed by atoms with Gasteiger partial charge in [-0.2, -0.15) is 0 Å². The molecule has 3 atom stereocenters. The minimum atomic E-state index is -2.01. The molecule has 0 spiro atoms. The third-order valence-corrected chi connectivity index (χ3v) is 6.44. The van der Waals surface area contributed by atoms with Crippen LogP contribution in [-0.2, 0) is 18.1 Å². The molecule has 7 heteroatoms. The van der Waals surface area contributed by atoms with Crippen molar-refractivity contribution in [2.75, 3.05) is 0 Å². The van der Waals surface area contributed by atoms with Gasteiger partial charge in [0.2, 0.25) is 0 Å². The van der Waals surface area contributed by atoms with E-state index in [4.69, 9.17) is 13.3 Å². The van der Waals surface area contributed by atoms with E-state index >= 15 is 0 Å². The van der Waals surface area contributed by atoms with Gasteiger partial charge >= 0.3 is 0 Å². The number of rotatable bonds is 8. The Labute approximate surface area is 157 Å². The van der Waals surface area contributed by atoms with Crippen LogP contribution in [0.2, 0.25) is 58.9 Å². The fourth-order valence-corrected chi connectivity index (χ4v) is 6.51. The van der Waals surface area contributed by atoms with Crippen molar-refractivity contribution in [1.82, 2.24) is 0 Å². The van der Waals surface area contributed by atoms with Crippen LogP contribution in [0.4, 0.5) is 0 Å². The first-order valence-electron chi connectivity index (χ1n) is 8.99. The number of hydrogen-bond donors (Lipinski definition) is 0. The number of ketones is 1. The summed E-state index contributed by atoms with van der Waals surface area (Å²) in [5.41, 5.74) is -1.04. The van der Waals surface area contributed by atoms with Crippen molar-refractivity contribution in [2.45, 2.75) is 83.2 Å². The van der Waals surface area contributed by atoms with E-state index in [1.165, 1.54) is 0 Å². The summed E-state index contributed by atoms with van der Waals surface area (Å²) < 4.78 is 19.5. The fourth-order valence-electron chi connectivity index (χ4n) is 3.01. The second-order valence-corrected chi connectivity index (χ2v) is 23.0. The Bertz CT molecular complexity index is 526. The van der Waals surface area contributed by atoms with Gasteiger partial charge in [-0.1, -0.05) is 12.2 Å². The van der Waals surface area contributed by atoms with Crippen LogP contribution in [0.15, 0.2) is 24.8 Å². The van der Waals surface area contributed by atoms with Crippen LogP contribution < -0.4 is 0 Å². The zero-order valence-corrected chi connectivity index (χ0v) is 20.4. The summed E-state index contributed by atoms with van der Waals surface area (Å²) in [5, 5.41) is 0. The Morgan fingerprint density at radius 2 is 1.52 bits per heavy atom. The maximum absolute atomic E-state index is 13.0. The van der Waals surface area contributed by atoms with Gasteiger partial charge < -0.3 is 13.3 Å². The fraction of sp³-hybridized carbons (Fsp3) is 0.722. The lowest BCUT2D eigenvalue weighted by Gasteiger charge is -2.49. The molecule has 1 aliphatic carbocycles. The van der Waals surface area contributed by atoms with Gasteiger partial charge in [0.25, 0.3) is 0 Å². The van der Waals surface area contributed by atoms with Gasteiger partial charge in [-0.05, 0) is 65.0 Å². The monoisotopic (exact) mass is 400 g/mol. The quantitative estimate of drug-likeness (QED) is 0.436. The molecule has 0 saturated heterocycles. The van der Waals surface area contributed by atoms with E-state index in [0.717, 1.165) is 0 Å². The van der Waals surface area contributed by atoms with Gasteiger partial charge in [0, 0.05) is 6.42 Å². The van der Waals surface area contributed by atoms with Crippen molar-refractivity contribution in [1.29, 1.82) is 0 Å². The summed E-state index contributed by atoms with van der Waals surface area (Å²) in [5.74, 6) is -0.0338. The molecule has 0 aliphatic heterocycles. The van der Waals surface area contributed by atoms with Crippen LogP contribution in [0.3, 0.4) is 0 Å². The highest BCUT2D eigenvalue weighted by atomic mass is 28.4. The Morgan fingerprint density at radius 1 is 1.00 bits per heavy atom. The first kappa shape index (κ1) is 22.7. The molecule has 0 fully saturated rings. The van der Waals surface area contributed by atoms with Crippen molar-refractivity contribution in [3.05, 3.63) is 24.8 Å².